The molecule has 0 saturated heterocycles. The van der Waals surface area contributed by atoms with E-state index in [1.807, 2.05) is 0 Å². The molecule has 0 aromatic carbocycles. The molecule has 0 radical (unpaired) electrons. The van der Waals surface area contributed by atoms with E-state index in [9.17, 15) is 10.4 Å². The molecule has 0 aliphatic rings. The molecule has 16 N–H and O–H groups in total. The monoisotopic (exact) mass is 304 g/mol. The molecular weight excluding hydrogens is 282 g/mol. The van der Waals surface area contributed by atoms with Gasteiger partial charge in [-0.3, -0.25) is 0 Å². The first-order valence-electron chi connectivity index (χ1n) is 2.06. The van der Waals surface area contributed by atoms with E-state index in [-0.39, 0.29) is 114 Å². The Hall–Kier alpha value is 0.620. The third-order valence-corrected chi connectivity index (χ3v) is 0.797. The summed E-state index contributed by atoms with van der Waals surface area (Å²) in [6, 6.07) is 0. The van der Waals surface area contributed by atoms with Crippen molar-refractivity contribution in [3.8, 4) is 0 Å². The maximum atomic E-state index is 9.60. The molecule has 0 aliphatic heterocycles. The number of hydrogen-bond acceptors (Lipinski definition) is 4. The summed E-state index contributed by atoms with van der Waals surface area (Å²) in [4.78, 5) is 0. The van der Waals surface area contributed by atoms with Crippen molar-refractivity contribution in [3.63, 3.8) is 0 Å². The molecule has 0 aliphatic carbocycles. The van der Waals surface area contributed by atoms with Gasteiger partial charge in [-0.1, -0.05) is 0 Å². The minimum Gasteiger partial charge on any atom is -0.792 e. The zero-order chi connectivity index (χ0) is 6.57. The quantitative estimate of drug-likeness (QED) is 0.258. The third kappa shape index (κ3) is 54.6. The Morgan fingerprint density at radius 2 is 0.667 bits per heavy atom. The number of nitrogens with zero attached hydrogens (tertiary/aromatic N) is 2. The molecular formula is C4H22N2Na2O10. The molecule has 0 aromatic heterocycles. The fraction of sp³-hybridized carbons (Fsp3) is 0.500. The third-order valence-electron chi connectivity index (χ3n) is 0.797. The van der Waals surface area contributed by atoms with E-state index >= 15 is 0 Å². The molecule has 0 rings (SSSR count). The molecule has 0 aromatic rings. The molecule has 12 nitrogen and oxygen atoms in total. The van der Waals surface area contributed by atoms with Gasteiger partial charge >= 0.3 is 59.1 Å². The van der Waals surface area contributed by atoms with Gasteiger partial charge in [0.2, 0.25) is 0 Å². The second-order valence-corrected chi connectivity index (χ2v) is 1.35. The van der Waals surface area contributed by atoms with E-state index in [1.54, 1.807) is 0 Å². The van der Waals surface area contributed by atoms with Crippen LogP contribution in [-0.4, -0.2) is 55.2 Å². The van der Waals surface area contributed by atoms with Crippen molar-refractivity contribution < 1.29 is 103 Å². The summed E-state index contributed by atoms with van der Waals surface area (Å²) in [7, 11) is 0. The molecule has 14 heteroatoms. The average Bonchev–Trinajstić information content (AvgIpc) is 1.84. The molecule has 0 spiro atoms. The summed E-state index contributed by atoms with van der Waals surface area (Å²) in [6.07, 6.45) is 0. The smallest absolute Gasteiger partial charge is 0.792 e. The van der Waals surface area contributed by atoms with Gasteiger partial charge in [0.05, 0.1) is 0 Å². The summed E-state index contributed by atoms with van der Waals surface area (Å²) in [6.45, 7) is 2.87. The van der Waals surface area contributed by atoms with Crippen molar-refractivity contribution in [2.24, 2.45) is 10.3 Å². The van der Waals surface area contributed by atoms with Crippen molar-refractivity contribution in [2.75, 3.05) is 0 Å². The van der Waals surface area contributed by atoms with Crippen molar-refractivity contribution in [1.29, 1.82) is 0 Å². The fourth-order valence-electron chi connectivity index (χ4n) is 0.132. The van der Waals surface area contributed by atoms with Crippen LogP contribution in [0.25, 0.3) is 0 Å². The molecule has 0 saturated carbocycles. The second-order valence-electron chi connectivity index (χ2n) is 1.35. The Morgan fingerprint density at radius 3 is 0.722 bits per heavy atom. The summed E-state index contributed by atoms with van der Waals surface area (Å²) < 4.78 is 0. The van der Waals surface area contributed by atoms with E-state index in [2.05, 4.69) is 10.3 Å². The average molecular weight is 304 g/mol. The van der Waals surface area contributed by atoms with Gasteiger partial charge < -0.3 is 64.5 Å². The van der Waals surface area contributed by atoms with Crippen LogP contribution in [0.1, 0.15) is 13.8 Å². The Kier molecular flexibility index (Phi) is 362. The first-order chi connectivity index (χ1) is 3.72. The number of rotatable bonds is 1. The van der Waals surface area contributed by atoms with Gasteiger partial charge in [-0.25, -0.2) is 0 Å². The van der Waals surface area contributed by atoms with E-state index in [0.29, 0.717) is 0 Å². The van der Waals surface area contributed by atoms with E-state index in [1.165, 1.54) is 13.8 Å². The second kappa shape index (κ2) is 65.5. The molecule has 0 atom stereocenters. The van der Waals surface area contributed by atoms with Crippen molar-refractivity contribution in [2.45, 2.75) is 13.8 Å². The minimum absolute atomic E-state index is 0. The van der Waals surface area contributed by atoms with Gasteiger partial charge in [-0.05, 0) is 13.8 Å². The Morgan fingerprint density at radius 1 is 0.556 bits per heavy atom. The Balaban J connectivity index is -0.00000000544. The normalized spacial score (nSPS) is 6.33. The van der Waals surface area contributed by atoms with Crippen molar-refractivity contribution in [3.05, 3.63) is 10.4 Å². The van der Waals surface area contributed by atoms with Crippen LogP contribution < -0.4 is 59.1 Å². The predicted molar refractivity (Wildman–Crippen MR) is 61.9 cm³/mol. The van der Waals surface area contributed by atoms with Crippen molar-refractivity contribution in [1.82, 2.24) is 0 Å². The van der Waals surface area contributed by atoms with Crippen LogP contribution in [0, 0.1) is 10.4 Å². The van der Waals surface area contributed by atoms with E-state index < -0.39 is 0 Å². The topological polar surface area (TPSA) is 323 Å². The largest absolute Gasteiger partial charge is 1.00 e. The van der Waals surface area contributed by atoms with Gasteiger partial charge in [-0.2, -0.15) is 0 Å². The maximum Gasteiger partial charge on any atom is 1.00 e. The Bertz CT molecular complexity index is 130. The van der Waals surface area contributed by atoms with Crippen LogP contribution in [0.5, 0.6) is 0 Å². The standard InChI is InChI=1S/C4H8N2O2.2Na.8H2O/c1-3(5-7)4(2)6-8;;;;;;;;;;/h7-8H,1-2H3;;;8*1H2/q;2*+1;;;;;;;;/p-2/b5-3+,6-4+;;;;;;;;;;. The summed E-state index contributed by atoms with van der Waals surface area (Å²) in [5, 5.41) is 24.2. The van der Waals surface area contributed by atoms with E-state index in [4.69, 9.17) is 0 Å². The van der Waals surface area contributed by atoms with Crippen LogP contribution >= 0.6 is 0 Å². The molecule has 110 valence electrons. The Labute approximate surface area is 148 Å². The van der Waals surface area contributed by atoms with Gasteiger partial charge in [-0.15, -0.1) is 0 Å². The van der Waals surface area contributed by atoms with Gasteiger partial charge in [0, 0.05) is 11.4 Å². The van der Waals surface area contributed by atoms with Crippen molar-refractivity contribution >= 4 is 11.4 Å². The zero-order valence-electron chi connectivity index (χ0n) is 10.7. The first kappa shape index (κ1) is 99.6. The maximum absolute atomic E-state index is 9.60. The molecule has 0 heterocycles. The van der Waals surface area contributed by atoms with Gasteiger partial charge in [0.25, 0.3) is 0 Å². The fourth-order valence-corrected chi connectivity index (χ4v) is 0.132. The minimum atomic E-state index is 0. The van der Waals surface area contributed by atoms with Crippen LogP contribution in [0.2, 0.25) is 0 Å². The van der Waals surface area contributed by atoms with Crippen LogP contribution in [0.15, 0.2) is 10.3 Å². The molecule has 0 unspecified atom stereocenters. The predicted octanol–water partition coefficient (Wildman–Crippen LogP) is -11.7. The van der Waals surface area contributed by atoms with Gasteiger partial charge in [0.15, 0.2) is 0 Å². The molecule has 0 fully saturated rings. The van der Waals surface area contributed by atoms with Crippen LogP contribution in [0.4, 0.5) is 0 Å². The van der Waals surface area contributed by atoms with Gasteiger partial charge in [0.1, 0.15) is 0 Å². The molecule has 18 heavy (non-hydrogen) atoms. The van der Waals surface area contributed by atoms with Crippen LogP contribution in [0.3, 0.4) is 0 Å². The first-order valence-corrected chi connectivity index (χ1v) is 2.06. The summed E-state index contributed by atoms with van der Waals surface area (Å²) in [5.74, 6) is 0. The molecule has 0 amide bonds. The zero-order valence-corrected chi connectivity index (χ0v) is 14.7. The summed E-state index contributed by atoms with van der Waals surface area (Å²) in [5.41, 5.74) is 0.278. The van der Waals surface area contributed by atoms with Crippen LogP contribution in [-0.2, 0) is 0 Å². The molecule has 0 bridgehead atoms. The SMILES string of the molecule is CC(=N\[O-])/C(C)=N/[O-].O.O.O.O.O.O.O.O.[Na+].[Na+]. The van der Waals surface area contributed by atoms with E-state index in [0.717, 1.165) is 0 Å². The summed E-state index contributed by atoms with van der Waals surface area (Å²) >= 11 is 0. The number of hydrogen-bond donors (Lipinski definition) is 0.